The molecule has 1 heterocycles. The van der Waals surface area contributed by atoms with Gasteiger partial charge in [0, 0.05) is 29.1 Å². The topological polar surface area (TPSA) is 39.2 Å². The van der Waals surface area contributed by atoms with Gasteiger partial charge < -0.3 is 4.74 Å². The molecule has 0 saturated carbocycles. The average Bonchev–Trinajstić information content (AvgIpc) is 2.38. The molecule has 0 amide bonds. The van der Waals surface area contributed by atoms with E-state index in [9.17, 15) is 4.79 Å². The molecular formula is C13H11NO2. The number of carbonyl (C=O) groups is 1. The summed E-state index contributed by atoms with van der Waals surface area (Å²) in [6.07, 6.45) is 4.23. The third-order valence-corrected chi connectivity index (χ3v) is 2.36. The van der Waals surface area contributed by atoms with Crippen molar-refractivity contribution in [3.8, 4) is 16.9 Å². The lowest BCUT2D eigenvalue weighted by molar-refractivity contribution is 0.112. The molecule has 2 rings (SSSR count). The van der Waals surface area contributed by atoms with Crippen LogP contribution in [0.1, 0.15) is 10.4 Å². The third-order valence-electron chi connectivity index (χ3n) is 2.36. The van der Waals surface area contributed by atoms with E-state index in [0.717, 1.165) is 17.4 Å². The van der Waals surface area contributed by atoms with E-state index < -0.39 is 0 Å². The Morgan fingerprint density at radius 1 is 1.25 bits per heavy atom. The van der Waals surface area contributed by atoms with Crippen molar-refractivity contribution in [3.63, 3.8) is 0 Å². The van der Waals surface area contributed by atoms with Crippen LogP contribution >= 0.6 is 0 Å². The predicted molar refractivity (Wildman–Crippen MR) is 61.6 cm³/mol. The van der Waals surface area contributed by atoms with Crippen LogP contribution in [-0.4, -0.2) is 18.4 Å². The quantitative estimate of drug-likeness (QED) is 0.735. The lowest BCUT2D eigenvalue weighted by Crippen LogP contribution is -1.93. The maximum Gasteiger partial charge on any atom is 0.150 e. The standard InChI is InChI=1S/C13H11NO2/c1-16-12-6-2-4-11(9-15)13(12)10-5-3-7-14-8-10/h2-9H,1H3. The SMILES string of the molecule is COc1cccc(C=O)c1-c1cccnc1. The maximum atomic E-state index is 11.0. The molecule has 0 radical (unpaired) electrons. The molecule has 0 aliphatic heterocycles. The van der Waals surface area contributed by atoms with Gasteiger partial charge in [-0.1, -0.05) is 18.2 Å². The van der Waals surface area contributed by atoms with Gasteiger partial charge in [0.25, 0.3) is 0 Å². The summed E-state index contributed by atoms with van der Waals surface area (Å²) < 4.78 is 5.26. The van der Waals surface area contributed by atoms with Crippen molar-refractivity contribution in [2.45, 2.75) is 0 Å². The number of methoxy groups -OCH3 is 1. The van der Waals surface area contributed by atoms with E-state index in [4.69, 9.17) is 4.74 Å². The summed E-state index contributed by atoms with van der Waals surface area (Å²) in [4.78, 5) is 15.0. The number of ether oxygens (including phenoxy) is 1. The second-order valence-electron chi connectivity index (χ2n) is 3.28. The number of hydrogen-bond acceptors (Lipinski definition) is 3. The molecular weight excluding hydrogens is 202 g/mol. The van der Waals surface area contributed by atoms with Gasteiger partial charge in [0.15, 0.2) is 6.29 Å². The number of hydrogen-bond donors (Lipinski definition) is 0. The number of rotatable bonds is 3. The molecule has 0 aliphatic rings. The molecule has 2 aromatic rings. The predicted octanol–water partition coefficient (Wildman–Crippen LogP) is 2.57. The van der Waals surface area contributed by atoms with Crippen molar-refractivity contribution in [2.75, 3.05) is 7.11 Å². The number of carbonyl (C=O) groups excluding carboxylic acids is 1. The van der Waals surface area contributed by atoms with Crippen molar-refractivity contribution in [1.29, 1.82) is 0 Å². The Hall–Kier alpha value is -2.16. The first-order valence-electron chi connectivity index (χ1n) is 4.89. The van der Waals surface area contributed by atoms with Crippen LogP contribution in [0.4, 0.5) is 0 Å². The lowest BCUT2D eigenvalue weighted by Gasteiger charge is -2.10. The summed E-state index contributed by atoms with van der Waals surface area (Å²) in [6.45, 7) is 0. The van der Waals surface area contributed by atoms with Gasteiger partial charge in [-0.15, -0.1) is 0 Å². The van der Waals surface area contributed by atoms with Gasteiger partial charge in [0.1, 0.15) is 5.75 Å². The van der Waals surface area contributed by atoms with Gasteiger partial charge in [0.2, 0.25) is 0 Å². The van der Waals surface area contributed by atoms with E-state index in [0.29, 0.717) is 11.3 Å². The van der Waals surface area contributed by atoms with Crippen LogP contribution in [0, 0.1) is 0 Å². The second kappa shape index (κ2) is 4.57. The van der Waals surface area contributed by atoms with E-state index in [2.05, 4.69) is 4.98 Å². The van der Waals surface area contributed by atoms with Crippen LogP contribution in [0.2, 0.25) is 0 Å². The summed E-state index contributed by atoms with van der Waals surface area (Å²) >= 11 is 0. The molecule has 0 saturated heterocycles. The van der Waals surface area contributed by atoms with Gasteiger partial charge in [-0.2, -0.15) is 0 Å². The van der Waals surface area contributed by atoms with Crippen molar-refractivity contribution in [3.05, 3.63) is 48.3 Å². The van der Waals surface area contributed by atoms with E-state index in [1.54, 1.807) is 31.6 Å². The van der Waals surface area contributed by atoms with Crippen LogP contribution in [0.5, 0.6) is 5.75 Å². The minimum atomic E-state index is 0.604. The molecule has 0 spiro atoms. The molecule has 0 unspecified atom stereocenters. The molecule has 0 bridgehead atoms. The number of nitrogens with zero attached hydrogens (tertiary/aromatic N) is 1. The Bertz CT molecular complexity index is 495. The highest BCUT2D eigenvalue weighted by atomic mass is 16.5. The number of benzene rings is 1. The zero-order chi connectivity index (χ0) is 11.4. The minimum absolute atomic E-state index is 0.604. The van der Waals surface area contributed by atoms with Crippen molar-refractivity contribution in [1.82, 2.24) is 4.98 Å². The third kappa shape index (κ3) is 1.80. The van der Waals surface area contributed by atoms with Gasteiger partial charge in [-0.3, -0.25) is 9.78 Å². The summed E-state index contributed by atoms with van der Waals surface area (Å²) in [5, 5.41) is 0. The summed E-state index contributed by atoms with van der Waals surface area (Å²) in [5.41, 5.74) is 2.27. The zero-order valence-electron chi connectivity index (χ0n) is 8.88. The van der Waals surface area contributed by atoms with E-state index in [1.807, 2.05) is 18.2 Å². The fourth-order valence-corrected chi connectivity index (χ4v) is 1.64. The Balaban J connectivity index is 2.66. The fraction of sp³-hybridized carbons (Fsp3) is 0.0769. The number of aldehydes is 1. The largest absolute Gasteiger partial charge is 0.496 e. The van der Waals surface area contributed by atoms with E-state index >= 15 is 0 Å². The van der Waals surface area contributed by atoms with Crippen LogP contribution in [0.3, 0.4) is 0 Å². The average molecular weight is 213 g/mol. The van der Waals surface area contributed by atoms with Crippen molar-refractivity contribution < 1.29 is 9.53 Å². The fourth-order valence-electron chi connectivity index (χ4n) is 1.64. The molecule has 16 heavy (non-hydrogen) atoms. The monoisotopic (exact) mass is 213 g/mol. The minimum Gasteiger partial charge on any atom is -0.496 e. The van der Waals surface area contributed by atoms with E-state index in [1.165, 1.54) is 0 Å². The van der Waals surface area contributed by atoms with Gasteiger partial charge in [-0.05, 0) is 12.1 Å². The number of aromatic nitrogens is 1. The first-order valence-corrected chi connectivity index (χ1v) is 4.89. The molecule has 0 fully saturated rings. The highest BCUT2D eigenvalue weighted by Crippen LogP contribution is 2.31. The Morgan fingerprint density at radius 2 is 2.12 bits per heavy atom. The van der Waals surface area contributed by atoms with Crippen LogP contribution < -0.4 is 4.74 Å². The lowest BCUT2D eigenvalue weighted by atomic mass is 10.0. The smallest absolute Gasteiger partial charge is 0.150 e. The molecule has 80 valence electrons. The molecule has 0 N–H and O–H groups in total. The van der Waals surface area contributed by atoms with Crippen LogP contribution in [0.25, 0.3) is 11.1 Å². The molecule has 1 aromatic carbocycles. The van der Waals surface area contributed by atoms with Crippen molar-refractivity contribution >= 4 is 6.29 Å². The van der Waals surface area contributed by atoms with Gasteiger partial charge in [0.05, 0.1) is 7.11 Å². The molecule has 3 heteroatoms. The van der Waals surface area contributed by atoms with Crippen molar-refractivity contribution in [2.24, 2.45) is 0 Å². The second-order valence-corrected chi connectivity index (χ2v) is 3.28. The number of pyridine rings is 1. The molecule has 0 aliphatic carbocycles. The summed E-state index contributed by atoms with van der Waals surface area (Å²) in [6, 6.07) is 9.11. The first kappa shape index (κ1) is 10.4. The maximum absolute atomic E-state index is 11.0. The molecule has 1 aromatic heterocycles. The highest BCUT2D eigenvalue weighted by Gasteiger charge is 2.10. The summed E-state index contributed by atoms with van der Waals surface area (Å²) in [5.74, 6) is 0.678. The Labute approximate surface area is 93.7 Å². The normalized spacial score (nSPS) is 9.81. The Morgan fingerprint density at radius 3 is 2.75 bits per heavy atom. The zero-order valence-corrected chi connectivity index (χ0v) is 8.88. The molecule has 3 nitrogen and oxygen atoms in total. The van der Waals surface area contributed by atoms with E-state index in [-0.39, 0.29) is 0 Å². The Kier molecular flexibility index (Phi) is 2.96. The highest BCUT2D eigenvalue weighted by molar-refractivity contribution is 5.90. The first-order chi connectivity index (χ1) is 7.86. The summed E-state index contributed by atoms with van der Waals surface area (Å²) in [7, 11) is 1.59. The van der Waals surface area contributed by atoms with Crippen LogP contribution in [-0.2, 0) is 0 Å². The van der Waals surface area contributed by atoms with Gasteiger partial charge >= 0.3 is 0 Å². The van der Waals surface area contributed by atoms with Gasteiger partial charge in [-0.25, -0.2) is 0 Å². The van der Waals surface area contributed by atoms with Crippen LogP contribution in [0.15, 0.2) is 42.7 Å². The molecule has 0 atom stereocenters.